The number of anilines is 1. The highest BCUT2D eigenvalue weighted by Crippen LogP contribution is 2.42. The summed E-state index contributed by atoms with van der Waals surface area (Å²) < 4.78 is 0.948. The van der Waals surface area contributed by atoms with Gasteiger partial charge >= 0.3 is 0 Å². The number of hydrogen-bond donors (Lipinski definition) is 0. The van der Waals surface area contributed by atoms with Gasteiger partial charge in [0.1, 0.15) is 6.17 Å². The predicted molar refractivity (Wildman–Crippen MR) is 139 cm³/mol. The van der Waals surface area contributed by atoms with Gasteiger partial charge in [0.2, 0.25) is 0 Å². The first-order valence-corrected chi connectivity index (χ1v) is 12.0. The van der Waals surface area contributed by atoms with Crippen LogP contribution in [0.1, 0.15) is 33.2 Å². The van der Waals surface area contributed by atoms with Crippen molar-refractivity contribution in [2.24, 2.45) is 0 Å². The molecule has 0 aromatic heterocycles. The molecule has 6 nitrogen and oxygen atoms in total. The van der Waals surface area contributed by atoms with Gasteiger partial charge in [-0.05, 0) is 34.9 Å². The molecule has 0 aliphatic carbocycles. The molecular formula is C28H22BrN3O3. The summed E-state index contributed by atoms with van der Waals surface area (Å²) in [5.41, 5.74) is 3.93. The van der Waals surface area contributed by atoms with Crippen molar-refractivity contribution in [3.63, 3.8) is 0 Å². The fourth-order valence-electron chi connectivity index (χ4n) is 4.51. The molecule has 0 unspecified atom stereocenters. The number of nitro benzene ring substituents is 1. The third kappa shape index (κ3) is 4.68. The topological polar surface area (TPSA) is 66.7 Å². The second-order valence-electron chi connectivity index (χ2n) is 8.42. The van der Waals surface area contributed by atoms with Crippen molar-refractivity contribution >= 4 is 33.2 Å². The van der Waals surface area contributed by atoms with E-state index in [9.17, 15) is 14.9 Å². The Balaban J connectivity index is 1.69. The highest BCUT2D eigenvalue weighted by molar-refractivity contribution is 9.10. The number of hydrogen-bond acceptors (Lipinski definition) is 4. The van der Waals surface area contributed by atoms with E-state index in [0.717, 1.165) is 21.2 Å². The van der Waals surface area contributed by atoms with Gasteiger partial charge in [0.25, 0.3) is 11.6 Å². The first kappa shape index (κ1) is 22.8. The third-order valence-corrected chi connectivity index (χ3v) is 6.67. The highest BCUT2D eigenvalue weighted by atomic mass is 79.9. The molecular weight excluding hydrogens is 506 g/mol. The molecule has 1 aliphatic heterocycles. The summed E-state index contributed by atoms with van der Waals surface area (Å²) in [7, 11) is 0. The number of nitrogens with zero attached hydrogens (tertiary/aromatic N) is 3. The first-order valence-electron chi connectivity index (χ1n) is 11.2. The van der Waals surface area contributed by atoms with Gasteiger partial charge in [-0.1, -0.05) is 88.7 Å². The normalized spacial score (nSPS) is 15.1. The maximum absolute atomic E-state index is 13.9. The molecule has 4 aromatic rings. The number of carbonyl (C=O) groups is 1. The maximum atomic E-state index is 13.9. The Morgan fingerprint density at radius 2 is 1.34 bits per heavy atom. The van der Waals surface area contributed by atoms with Crippen LogP contribution in [0.15, 0.2) is 108 Å². The van der Waals surface area contributed by atoms with E-state index in [0.29, 0.717) is 24.3 Å². The molecule has 35 heavy (non-hydrogen) atoms. The van der Waals surface area contributed by atoms with Crippen LogP contribution < -0.4 is 4.90 Å². The van der Waals surface area contributed by atoms with Crippen LogP contribution in [0.2, 0.25) is 0 Å². The number of nitro groups is 1. The molecule has 5 rings (SSSR count). The molecule has 0 saturated heterocycles. The largest absolute Gasteiger partial charge is 0.342 e. The van der Waals surface area contributed by atoms with Crippen LogP contribution in [0.3, 0.4) is 0 Å². The zero-order chi connectivity index (χ0) is 24.4. The van der Waals surface area contributed by atoms with Crippen LogP contribution >= 0.6 is 15.9 Å². The number of non-ortho nitro benzene ring substituents is 1. The lowest BCUT2D eigenvalue weighted by atomic mass is 9.98. The molecule has 4 aromatic carbocycles. The number of rotatable bonds is 6. The molecule has 0 fully saturated rings. The lowest BCUT2D eigenvalue weighted by Gasteiger charge is -2.46. The van der Waals surface area contributed by atoms with Crippen molar-refractivity contribution in [3.05, 3.63) is 140 Å². The van der Waals surface area contributed by atoms with Crippen molar-refractivity contribution in [1.82, 2.24) is 4.90 Å². The molecule has 0 bridgehead atoms. The zero-order valence-electron chi connectivity index (χ0n) is 18.8. The number of fused-ring (bicyclic) bond motifs is 1. The van der Waals surface area contributed by atoms with Gasteiger partial charge in [0, 0.05) is 29.7 Å². The minimum Gasteiger partial charge on any atom is -0.342 e. The van der Waals surface area contributed by atoms with Crippen LogP contribution in [-0.4, -0.2) is 15.7 Å². The molecule has 0 radical (unpaired) electrons. The van der Waals surface area contributed by atoms with E-state index < -0.39 is 11.1 Å². The highest BCUT2D eigenvalue weighted by Gasteiger charge is 2.39. The fraction of sp³-hybridized carbons (Fsp3) is 0.107. The molecule has 174 valence electrons. The Morgan fingerprint density at radius 1 is 0.771 bits per heavy atom. The summed E-state index contributed by atoms with van der Waals surface area (Å²) in [6.45, 7) is 0.902. The van der Waals surface area contributed by atoms with E-state index in [-0.39, 0.29) is 11.6 Å². The molecule has 1 amide bonds. The van der Waals surface area contributed by atoms with Crippen molar-refractivity contribution in [3.8, 4) is 0 Å². The minimum atomic E-state index is -0.461. The van der Waals surface area contributed by atoms with Gasteiger partial charge in [-0.2, -0.15) is 0 Å². The molecule has 0 saturated carbocycles. The van der Waals surface area contributed by atoms with Crippen molar-refractivity contribution in [1.29, 1.82) is 0 Å². The Kier molecular flexibility index (Phi) is 6.33. The van der Waals surface area contributed by atoms with Crippen LogP contribution in [0, 0.1) is 10.1 Å². The molecule has 1 aliphatic rings. The van der Waals surface area contributed by atoms with Crippen molar-refractivity contribution in [2.45, 2.75) is 19.3 Å². The Morgan fingerprint density at radius 3 is 1.91 bits per heavy atom. The Labute approximate surface area is 211 Å². The van der Waals surface area contributed by atoms with Gasteiger partial charge in [0.05, 0.1) is 16.2 Å². The quantitative estimate of drug-likeness (QED) is 0.206. The number of amides is 1. The van der Waals surface area contributed by atoms with Crippen molar-refractivity contribution < 1.29 is 9.72 Å². The second-order valence-corrected chi connectivity index (χ2v) is 9.33. The molecule has 0 N–H and O–H groups in total. The van der Waals surface area contributed by atoms with Gasteiger partial charge in [0.15, 0.2) is 0 Å². The average Bonchev–Trinajstić information content (AvgIpc) is 2.88. The van der Waals surface area contributed by atoms with E-state index in [1.54, 1.807) is 11.0 Å². The van der Waals surface area contributed by atoms with E-state index in [1.165, 1.54) is 12.1 Å². The van der Waals surface area contributed by atoms with Crippen LogP contribution in [-0.2, 0) is 13.1 Å². The molecule has 7 heteroatoms. The Hall–Kier alpha value is -3.97. The fourth-order valence-corrected chi connectivity index (χ4v) is 4.77. The maximum Gasteiger partial charge on any atom is 0.270 e. The number of benzene rings is 4. The summed E-state index contributed by atoms with van der Waals surface area (Å²) in [5.74, 6) is -0.232. The Bertz CT molecular complexity index is 1360. The standard InChI is InChI=1S/C28H22BrN3O3/c29-23-13-11-22(12-14-23)27-30(18-20-7-3-1-4-8-20)26-16-15-24(32(34)35)17-25(26)28(33)31(27)19-21-9-5-2-6-10-21/h1-17,27H,18-19H2/t27-/m1/s1. The molecule has 1 atom stereocenters. The lowest BCUT2D eigenvalue weighted by molar-refractivity contribution is -0.384. The average molecular weight is 528 g/mol. The van der Waals surface area contributed by atoms with Gasteiger partial charge in [-0.25, -0.2) is 0 Å². The lowest BCUT2D eigenvalue weighted by Crippen LogP contribution is -2.48. The van der Waals surface area contributed by atoms with Crippen LogP contribution in [0.4, 0.5) is 11.4 Å². The summed E-state index contributed by atoms with van der Waals surface area (Å²) in [5, 5.41) is 11.5. The van der Waals surface area contributed by atoms with Gasteiger partial charge in [-0.15, -0.1) is 0 Å². The van der Waals surface area contributed by atoms with E-state index in [2.05, 4.69) is 20.8 Å². The van der Waals surface area contributed by atoms with Crippen molar-refractivity contribution in [2.75, 3.05) is 4.90 Å². The van der Waals surface area contributed by atoms with Gasteiger partial charge < -0.3 is 9.80 Å². The second kappa shape index (κ2) is 9.72. The minimum absolute atomic E-state index is 0.0986. The zero-order valence-corrected chi connectivity index (χ0v) is 20.3. The predicted octanol–water partition coefficient (Wildman–Crippen LogP) is 6.72. The van der Waals surface area contributed by atoms with Crippen LogP contribution in [0.25, 0.3) is 0 Å². The van der Waals surface area contributed by atoms with E-state index in [1.807, 2.05) is 84.9 Å². The smallest absolute Gasteiger partial charge is 0.270 e. The summed E-state index contributed by atoms with van der Waals surface area (Å²) in [6, 6.07) is 32.3. The molecule has 0 spiro atoms. The monoisotopic (exact) mass is 527 g/mol. The van der Waals surface area contributed by atoms with Gasteiger partial charge in [-0.3, -0.25) is 14.9 Å². The molecule has 1 heterocycles. The first-order chi connectivity index (χ1) is 17.0. The number of carbonyl (C=O) groups excluding carboxylic acids is 1. The number of halogens is 1. The summed E-state index contributed by atoms with van der Waals surface area (Å²) in [4.78, 5) is 28.9. The summed E-state index contributed by atoms with van der Waals surface area (Å²) in [6.07, 6.45) is -0.398. The summed E-state index contributed by atoms with van der Waals surface area (Å²) >= 11 is 3.51. The van der Waals surface area contributed by atoms with Crippen LogP contribution in [0.5, 0.6) is 0 Å². The van der Waals surface area contributed by atoms with E-state index >= 15 is 0 Å². The van der Waals surface area contributed by atoms with E-state index in [4.69, 9.17) is 0 Å². The SMILES string of the molecule is O=C1c2cc([N+](=O)[O-])ccc2N(Cc2ccccc2)[C@@H](c2ccc(Br)cc2)N1Cc1ccccc1. The third-order valence-electron chi connectivity index (χ3n) is 6.14.